The van der Waals surface area contributed by atoms with Crippen molar-refractivity contribution in [2.24, 2.45) is 10.9 Å². The highest BCUT2D eigenvalue weighted by molar-refractivity contribution is 14.0. The highest BCUT2D eigenvalue weighted by Crippen LogP contribution is 2.24. The van der Waals surface area contributed by atoms with E-state index >= 15 is 0 Å². The molecule has 1 fully saturated rings. The number of morpholine rings is 1. The van der Waals surface area contributed by atoms with Gasteiger partial charge < -0.3 is 20.1 Å². The molecule has 7 nitrogen and oxygen atoms in total. The third kappa shape index (κ3) is 7.57. The number of pyridine rings is 1. The normalized spacial score (nSPS) is 16.3. The molecule has 0 amide bonds. The van der Waals surface area contributed by atoms with Crippen molar-refractivity contribution in [1.82, 2.24) is 20.5 Å². The highest BCUT2D eigenvalue weighted by atomic mass is 127. The van der Waals surface area contributed by atoms with Gasteiger partial charge in [0.05, 0.1) is 32.6 Å². The Labute approximate surface area is 193 Å². The van der Waals surface area contributed by atoms with Crippen molar-refractivity contribution in [3.8, 4) is 5.75 Å². The maximum atomic E-state index is 5.51. The first-order chi connectivity index (χ1) is 13.5. The molecule has 0 saturated carbocycles. The third-order valence-corrected chi connectivity index (χ3v) is 5.24. The van der Waals surface area contributed by atoms with E-state index in [0.29, 0.717) is 18.5 Å². The molecule has 1 saturated heterocycles. The summed E-state index contributed by atoms with van der Waals surface area (Å²) in [7, 11) is 1.70. The second kappa shape index (κ2) is 13.2. The Hall–Kier alpha value is -1.13. The predicted molar refractivity (Wildman–Crippen MR) is 130 cm³/mol. The average molecular weight is 519 g/mol. The van der Waals surface area contributed by atoms with Crippen LogP contribution in [0.2, 0.25) is 0 Å². The molecule has 1 aromatic heterocycles. The summed E-state index contributed by atoms with van der Waals surface area (Å²) in [6, 6.07) is 0.451. The van der Waals surface area contributed by atoms with Crippen LogP contribution in [0.3, 0.4) is 0 Å². The molecule has 0 spiro atoms. The Morgan fingerprint density at radius 2 is 1.97 bits per heavy atom. The lowest BCUT2D eigenvalue weighted by atomic mass is 10.0. The molecule has 1 atom stereocenters. The SMILES string of the molecule is CCNC(=NCc1ncc(C)c(OC)c1C)NCC(C(C)C)N1CCOCC1.I. The number of hydrogen-bond acceptors (Lipinski definition) is 5. The van der Waals surface area contributed by atoms with Gasteiger partial charge in [-0.05, 0) is 26.7 Å². The Balaban J connectivity index is 0.00000420. The van der Waals surface area contributed by atoms with Gasteiger partial charge in [-0.1, -0.05) is 13.8 Å². The molecule has 1 aliphatic rings. The second-order valence-corrected chi connectivity index (χ2v) is 7.58. The lowest BCUT2D eigenvalue weighted by molar-refractivity contribution is 0.00752. The largest absolute Gasteiger partial charge is 0.496 e. The lowest BCUT2D eigenvalue weighted by Gasteiger charge is -2.37. The van der Waals surface area contributed by atoms with Crippen LogP contribution in [0.5, 0.6) is 5.75 Å². The molecule has 2 rings (SSSR count). The number of aliphatic imine (C=N–C) groups is 1. The number of nitrogens with zero attached hydrogens (tertiary/aromatic N) is 3. The predicted octanol–water partition coefficient (Wildman–Crippen LogP) is 2.74. The van der Waals surface area contributed by atoms with Crippen molar-refractivity contribution >= 4 is 29.9 Å². The van der Waals surface area contributed by atoms with Crippen LogP contribution in [0.25, 0.3) is 0 Å². The molecule has 29 heavy (non-hydrogen) atoms. The summed E-state index contributed by atoms with van der Waals surface area (Å²) in [6.45, 7) is 16.5. The number of aromatic nitrogens is 1. The van der Waals surface area contributed by atoms with Crippen molar-refractivity contribution in [1.29, 1.82) is 0 Å². The number of ether oxygens (including phenoxy) is 2. The molecule has 2 heterocycles. The zero-order chi connectivity index (χ0) is 20.5. The molecule has 8 heteroatoms. The molecule has 1 unspecified atom stereocenters. The van der Waals surface area contributed by atoms with Crippen LogP contribution < -0.4 is 15.4 Å². The van der Waals surface area contributed by atoms with Gasteiger partial charge in [0, 0.05) is 49.5 Å². The minimum Gasteiger partial charge on any atom is -0.496 e. The van der Waals surface area contributed by atoms with Gasteiger partial charge in [-0.3, -0.25) is 9.88 Å². The van der Waals surface area contributed by atoms with Crippen LogP contribution >= 0.6 is 24.0 Å². The Morgan fingerprint density at radius 1 is 1.28 bits per heavy atom. The van der Waals surface area contributed by atoms with Gasteiger partial charge >= 0.3 is 0 Å². The van der Waals surface area contributed by atoms with Crippen molar-refractivity contribution in [2.45, 2.75) is 47.2 Å². The van der Waals surface area contributed by atoms with E-state index in [2.05, 4.69) is 41.3 Å². The van der Waals surface area contributed by atoms with E-state index in [1.807, 2.05) is 20.0 Å². The fourth-order valence-electron chi connectivity index (χ4n) is 3.62. The van der Waals surface area contributed by atoms with Crippen LogP contribution in [0.1, 0.15) is 37.6 Å². The van der Waals surface area contributed by atoms with Crippen LogP contribution in [-0.2, 0) is 11.3 Å². The van der Waals surface area contributed by atoms with Crippen molar-refractivity contribution in [3.05, 3.63) is 23.0 Å². The standard InChI is InChI=1S/C21H37N5O2.HI/c1-7-22-21(24-13-18-17(5)20(27-6)16(4)12-23-18)25-14-19(15(2)3)26-8-10-28-11-9-26;/h12,15,19H,7-11,13-14H2,1-6H3,(H2,22,24,25);1H. The molecule has 1 aromatic rings. The van der Waals surface area contributed by atoms with Gasteiger partial charge in [0.2, 0.25) is 0 Å². The zero-order valence-corrected chi connectivity index (χ0v) is 21.1. The summed E-state index contributed by atoms with van der Waals surface area (Å²) in [5.74, 6) is 2.27. The van der Waals surface area contributed by atoms with E-state index in [-0.39, 0.29) is 24.0 Å². The van der Waals surface area contributed by atoms with E-state index < -0.39 is 0 Å². The van der Waals surface area contributed by atoms with Crippen LogP contribution in [0.15, 0.2) is 11.2 Å². The monoisotopic (exact) mass is 519 g/mol. The van der Waals surface area contributed by atoms with Crippen molar-refractivity contribution < 1.29 is 9.47 Å². The number of guanidine groups is 1. The summed E-state index contributed by atoms with van der Waals surface area (Å²) >= 11 is 0. The summed E-state index contributed by atoms with van der Waals surface area (Å²) in [6.07, 6.45) is 1.85. The summed E-state index contributed by atoms with van der Waals surface area (Å²) < 4.78 is 11.0. The lowest BCUT2D eigenvalue weighted by Crippen LogP contribution is -2.52. The fourth-order valence-corrected chi connectivity index (χ4v) is 3.62. The molecular formula is C21H38IN5O2. The quantitative estimate of drug-likeness (QED) is 0.313. The Morgan fingerprint density at radius 3 is 2.55 bits per heavy atom. The molecule has 0 radical (unpaired) electrons. The van der Waals surface area contributed by atoms with Gasteiger partial charge in [0.15, 0.2) is 5.96 Å². The van der Waals surface area contributed by atoms with E-state index in [1.54, 1.807) is 7.11 Å². The topological polar surface area (TPSA) is 71.0 Å². The first kappa shape index (κ1) is 25.9. The number of hydrogen-bond donors (Lipinski definition) is 2. The summed E-state index contributed by atoms with van der Waals surface area (Å²) in [5, 5.41) is 6.87. The van der Waals surface area contributed by atoms with E-state index in [4.69, 9.17) is 14.5 Å². The van der Waals surface area contributed by atoms with Gasteiger partial charge in [-0.2, -0.15) is 0 Å². The van der Waals surface area contributed by atoms with Crippen molar-refractivity contribution in [3.63, 3.8) is 0 Å². The second-order valence-electron chi connectivity index (χ2n) is 7.58. The number of aryl methyl sites for hydroxylation is 1. The number of nitrogens with one attached hydrogen (secondary N) is 2. The fraction of sp³-hybridized carbons (Fsp3) is 0.714. The first-order valence-electron chi connectivity index (χ1n) is 10.3. The van der Waals surface area contributed by atoms with E-state index in [1.165, 1.54) is 0 Å². The van der Waals surface area contributed by atoms with E-state index in [9.17, 15) is 0 Å². The van der Waals surface area contributed by atoms with Crippen molar-refractivity contribution in [2.75, 3.05) is 46.5 Å². The average Bonchev–Trinajstić information content (AvgIpc) is 2.68. The summed E-state index contributed by atoms with van der Waals surface area (Å²) in [5.41, 5.74) is 3.03. The Bertz CT molecular complexity index is 648. The van der Waals surface area contributed by atoms with Gasteiger partial charge in [-0.25, -0.2) is 4.99 Å². The molecule has 0 bridgehead atoms. The van der Waals surface area contributed by atoms with Gasteiger partial charge in [0.1, 0.15) is 5.75 Å². The molecular weight excluding hydrogens is 481 g/mol. The Kier molecular flexibility index (Phi) is 11.8. The number of rotatable bonds is 8. The summed E-state index contributed by atoms with van der Waals surface area (Å²) in [4.78, 5) is 11.8. The number of halogens is 1. The first-order valence-corrected chi connectivity index (χ1v) is 10.3. The van der Waals surface area contributed by atoms with E-state index in [0.717, 1.165) is 67.9 Å². The van der Waals surface area contributed by atoms with Crippen LogP contribution in [0, 0.1) is 19.8 Å². The molecule has 166 valence electrons. The molecule has 2 N–H and O–H groups in total. The molecule has 0 aromatic carbocycles. The zero-order valence-electron chi connectivity index (χ0n) is 18.7. The highest BCUT2D eigenvalue weighted by Gasteiger charge is 2.23. The van der Waals surface area contributed by atoms with Crippen LogP contribution in [-0.4, -0.2) is 68.4 Å². The molecule has 0 aliphatic carbocycles. The minimum absolute atomic E-state index is 0. The number of methoxy groups -OCH3 is 1. The maximum absolute atomic E-state index is 5.51. The van der Waals surface area contributed by atoms with Crippen LogP contribution in [0.4, 0.5) is 0 Å². The maximum Gasteiger partial charge on any atom is 0.191 e. The molecule has 1 aliphatic heterocycles. The minimum atomic E-state index is 0. The van der Waals surface area contributed by atoms with Gasteiger partial charge in [-0.15, -0.1) is 24.0 Å². The van der Waals surface area contributed by atoms with Gasteiger partial charge in [0.25, 0.3) is 0 Å². The third-order valence-electron chi connectivity index (χ3n) is 5.24. The smallest absolute Gasteiger partial charge is 0.191 e.